The second-order valence-electron chi connectivity index (χ2n) is 7.62. The number of nitrogens with zero attached hydrogens (tertiary/aromatic N) is 3. The predicted molar refractivity (Wildman–Crippen MR) is 123 cm³/mol. The smallest absolute Gasteiger partial charge is 0.322 e. The van der Waals surface area contributed by atoms with Crippen molar-refractivity contribution in [2.24, 2.45) is 0 Å². The molecule has 0 saturated carbocycles. The van der Waals surface area contributed by atoms with Crippen LogP contribution >= 0.6 is 0 Å². The SMILES string of the molecule is COc1ccc(NC(=O)N2CC(Oc3ccc(-c4noc(-c5ccccc5)n4)cc3)C2)cc1. The van der Waals surface area contributed by atoms with Gasteiger partial charge in [-0.1, -0.05) is 23.4 Å². The van der Waals surface area contributed by atoms with Crippen LogP contribution in [0.2, 0.25) is 0 Å². The fourth-order valence-electron chi connectivity index (χ4n) is 3.47. The van der Waals surface area contributed by atoms with Crippen molar-refractivity contribution in [3.63, 3.8) is 0 Å². The first-order chi connectivity index (χ1) is 16.2. The lowest BCUT2D eigenvalue weighted by Crippen LogP contribution is -2.57. The number of ether oxygens (including phenoxy) is 2. The fourth-order valence-corrected chi connectivity index (χ4v) is 3.47. The third-order valence-corrected chi connectivity index (χ3v) is 5.34. The Morgan fingerprint density at radius 3 is 2.33 bits per heavy atom. The molecular weight excluding hydrogens is 420 g/mol. The zero-order chi connectivity index (χ0) is 22.6. The Labute approximate surface area is 190 Å². The van der Waals surface area contributed by atoms with Gasteiger partial charge in [-0.05, 0) is 60.7 Å². The molecule has 1 aliphatic rings. The number of anilines is 1. The lowest BCUT2D eigenvalue weighted by atomic mass is 10.1. The van der Waals surface area contributed by atoms with Crippen LogP contribution in [0.15, 0.2) is 83.4 Å². The molecule has 8 heteroatoms. The minimum absolute atomic E-state index is 0.0488. The molecule has 0 spiro atoms. The molecule has 1 aliphatic heterocycles. The second-order valence-corrected chi connectivity index (χ2v) is 7.62. The summed E-state index contributed by atoms with van der Waals surface area (Å²) >= 11 is 0. The van der Waals surface area contributed by atoms with E-state index in [1.165, 1.54) is 0 Å². The monoisotopic (exact) mass is 442 g/mol. The van der Waals surface area contributed by atoms with Gasteiger partial charge >= 0.3 is 6.03 Å². The van der Waals surface area contributed by atoms with E-state index < -0.39 is 0 Å². The number of urea groups is 1. The largest absolute Gasteiger partial charge is 0.497 e. The standard InChI is InChI=1S/C25H22N4O4/c1-31-20-13-9-19(10-14-20)26-25(30)29-15-22(16-29)32-21-11-7-17(8-12-21)23-27-24(33-28-23)18-5-3-2-4-6-18/h2-14,22H,15-16H2,1H3,(H,26,30). The van der Waals surface area contributed by atoms with Gasteiger partial charge < -0.3 is 24.2 Å². The first-order valence-corrected chi connectivity index (χ1v) is 10.5. The quantitative estimate of drug-likeness (QED) is 0.465. The van der Waals surface area contributed by atoms with E-state index in [1.807, 2.05) is 54.6 Å². The number of nitrogens with one attached hydrogen (secondary N) is 1. The van der Waals surface area contributed by atoms with Crippen LogP contribution in [0.5, 0.6) is 11.5 Å². The topological polar surface area (TPSA) is 89.7 Å². The van der Waals surface area contributed by atoms with Crippen molar-refractivity contribution in [2.45, 2.75) is 6.10 Å². The zero-order valence-corrected chi connectivity index (χ0v) is 18.0. The predicted octanol–water partition coefficient (Wildman–Crippen LogP) is 4.71. The number of benzene rings is 3. The molecule has 1 fully saturated rings. The lowest BCUT2D eigenvalue weighted by Gasteiger charge is -2.38. The van der Waals surface area contributed by atoms with Gasteiger partial charge in [0.2, 0.25) is 5.82 Å². The van der Waals surface area contributed by atoms with Crippen LogP contribution < -0.4 is 14.8 Å². The molecule has 2 amide bonds. The molecule has 1 saturated heterocycles. The highest BCUT2D eigenvalue weighted by Crippen LogP contribution is 2.25. The molecule has 0 unspecified atom stereocenters. The molecule has 2 heterocycles. The number of carbonyl (C=O) groups is 1. The van der Waals surface area contributed by atoms with Crippen molar-refractivity contribution < 1.29 is 18.8 Å². The summed E-state index contributed by atoms with van der Waals surface area (Å²) in [5, 5.41) is 6.94. The number of hydrogen-bond acceptors (Lipinski definition) is 6. The molecule has 8 nitrogen and oxygen atoms in total. The van der Waals surface area contributed by atoms with Crippen LogP contribution in [0, 0.1) is 0 Å². The molecular formula is C25H22N4O4. The summed E-state index contributed by atoms with van der Waals surface area (Å²) in [5.74, 6) is 2.47. The zero-order valence-electron chi connectivity index (χ0n) is 18.0. The molecule has 4 aromatic rings. The highest BCUT2D eigenvalue weighted by Gasteiger charge is 2.32. The number of hydrogen-bond donors (Lipinski definition) is 1. The van der Waals surface area contributed by atoms with Gasteiger partial charge in [-0.2, -0.15) is 4.98 Å². The highest BCUT2D eigenvalue weighted by atomic mass is 16.5. The third kappa shape index (κ3) is 4.64. The van der Waals surface area contributed by atoms with E-state index in [0.717, 1.165) is 28.3 Å². The molecule has 1 N–H and O–H groups in total. The van der Waals surface area contributed by atoms with E-state index in [9.17, 15) is 4.79 Å². The van der Waals surface area contributed by atoms with Gasteiger partial charge in [-0.25, -0.2) is 4.79 Å². The number of carbonyl (C=O) groups excluding carboxylic acids is 1. The van der Waals surface area contributed by atoms with Gasteiger partial charge in [-0.15, -0.1) is 0 Å². The van der Waals surface area contributed by atoms with Crippen molar-refractivity contribution in [3.8, 4) is 34.3 Å². The van der Waals surface area contributed by atoms with E-state index >= 15 is 0 Å². The first-order valence-electron chi connectivity index (χ1n) is 10.5. The summed E-state index contributed by atoms with van der Waals surface area (Å²) in [4.78, 5) is 18.5. The number of likely N-dealkylation sites (tertiary alicyclic amines) is 1. The molecule has 5 rings (SSSR count). The Morgan fingerprint density at radius 2 is 1.64 bits per heavy atom. The molecule has 0 aliphatic carbocycles. The molecule has 0 atom stereocenters. The van der Waals surface area contributed by atoms with E-state index in [4.69, 9.17) is 14.0 Å². The summed E-state index contributed by atoms with van der Waals surface area (Å²) in [6.45, 7) is 1.05. The Balaban J connectivity index is 1.13. The maximum absolute atomic E-state index is 12.4. The van der Waals surface area contributed by atoms with E-state index in [0.29, 0.717) is 24.8 Å². The van der Waals surface area contributed by atoms with E-state index in [-0.39, 0.29) is 12.1 Å². The summed E-state index contributed by atoms with van der Waals surface area (Å²) in [6, 6.07) is 24.2. The van der Waals surface area contributed by atoms with Crippen molar-refractivity contribution in [3.05, 3.63) is 78.9 Å². The van der Waals surface area contributed by atoms with Crippen LogP contribution in [0.1, 0.15) is 0 Å². The second kappa shape index (κ2) is 9.04. The molecule has 0 radical (unpaired) electrons. The van der Waals surface area contributed by atoms with E-state index in [2.05, 4.69) is 15.5 Å². The Morgan fingerprint density at radius 1 is 0.939 bits per heavy atom. The minimum atomic E-state index is -0.151. The van der Waals surface area contributed by atoms with Crippen LogP contribution in [-0.2, 0) is 0 Å². The molecule has 3 aromatic carbocycles. The first kappa shape index (κ1) is 20.6. The fraction of sp³-hybridized carbons (Fsp3) is 0.160. The van der Waals surface area contributed by atoms with E-state index in [1.54, 1.807) is 36.3 Å². The van der Waals surface area contributed by atoms with Crippen LogP contribution in [0.3, 0.4) is 0 Å². The lowest BCUT2D eigenvalue weighted by molar-refractivity contribution is 0.0493. The summed E-state index contributed by atoms with van der Waals surface area (Å²) in [7, 11) is 1.61. The molecule has 166 valence electrons. The van der Waals surface area contributed by atoms with Gasteiger partial charge in [-0.3, -0.25) is 0 Å². The summed E-state index contributed by atoms with van der Waals surface area (Å²) in [6.07, 6.45) is -0.0488. The minimum Gasteiger partial charge on any atom is -0.497 e. The molecule has 33 heavy (non-hydrogen) atoms. The van der Waals surface area contributed by atoms with Crippen LogP contribution in [0.4, 0.5) is 10.5 Å². The highest BCUT2D eigenvalue weighted by molar-refractivity contribution is 5.90. The normalized spacial score (nSPS) is 13.3. The molecule has 1 aromatic heterocycles. The van der Waals surface area contributed by atoms with Crippen molar-refractivity contribution in [1.29, 1.82) is 0 Å². The number of aromatic nitrogens is 2. The van der Waals surface area contributed by atoms with Gasteiger partial charge in [0.15, 0.2) is 0 Å². The Kier molecular flexibility index (Phi) is 5.63. The number of amides is 2. The third-order valence-electron chi connectivity index (χ3n) is 5.34. The number of rotatable bonds is 6. The maximum atomic E-state index is 12.4. The van der Waals surface area contributed by atoms with Crippen LogP contribution in [-0.4, -0.2) is 47.4 Å². The van der Waals surface area contributed by atoms with Crippen LogP contribution in [0.25, 0.3) is 22.8 Å². The Bertz CT molecular complexity index is 1220. The van der Waals surface area contributed by atoms with Gasteiger partial charge in [0.1, 0.15) is 17.6 Å². The number of methoxy groups -OCH3 is 1. The van der Waals surface area contributed by atoms with Gasteiger partial charge in [0.25, 0.3) is 5.89 Å². The molecule has 0 bridgehead atoms. The van der Waals surface area contributed by atoms with Crippen molar-refractivity contribution in [1.82, 2.24) is 15.0 Å². The van der Waals surface area contributed by atoms with Crippen molar-refractivity contribution in [2.75, 3.05) is 25.5 Å². The van der Waals surface area contributed by atoms with Gasteiger partial charge in [0.05, 0.1) is 20.2 Å². The Hall–Kier alpha value is -4.33. The summed E-state index contributed by atoms with van der Waals surface area (Å²) in [5.41, 5.74) is 2.43. The maximum Gasteiger partial charge on any atom is 0.322 e. The summed E-state index contributed by atoms with van der Waals surface area (Å²) < 4.78 is 16.5. The average molecular weight is 442 g/mol. The van der Waals surface area contributed by atoms with Crippen molar-refractivity contribution >= 4 is 11.7 Å². The average Bonchev–Trinajstić information content (AvgIpc) is 3.33. The van der Waals surface area contributed by atoms with Gasteiger partial charge in [0, 0.05) is 16.8 Å².